The van der Waals surface area contributed by atoms with Crippen molar-refractivity contribution in [1.82, 2.24) is 29.0 Å². The number of carbonyl (C=O) groups excluding carboxylic acids is 2. The van der Waals surface area contributed by atoms with Crippen LogP contribution in [0.4, 0.5) is 24.5 Å². The number of nitrogens with zero attached hydrogens (tertiary/aromatic N) is 7. The van der Waals surface area contributed by atoms with Crippen molar-refractivity contribution < 1.29 is 37.3 Å². The molecule has 1 saturated heterocycles. The quantitative estimate of drug-likeness (QED) is 0.240. The molecule has 0 radical (unpaired) electrons. The van der Waals surface area contributed by atoms with Gasteiger partial charge in [0.1, 0.15) is 18.0 Å². The first-order valence-corrected chi connectivity index (χ1v) is 18.0. The lowest BCUT2D eigenvalue weighted by Gasteiger charge is -2.36. The summed E-state index contributed by atoms with van der Waals surface area (Å²) in [4.78, 5) is 54.2. The van der Waals surface area contributed by atoms with Gasteiger partial charge in [-0.05, 0) is 47.9 Å². The average Bonchev–Trinajstić information content (AvgIpc) is 3.84. The molecule has 0 unspecified atom stereocenters. The molecule has 3 aliphatic heterocycles. The van der Waals surface area contributed by atoms with Crippen LogP contribution in [-0.2, 0) is 59.7 Å². The molecule has 1 fully saturated rings. The molecule has 286 valence electrons. The minimum atomic E-state index is -4.62. The monoisotopic (exact) mass is 778 g/mol. The van der Waals surface area contributed by atoms with Crippen molar-refractivity contribution in [3.05, 3.63) is 97.2 Å². The molecule has 14 nitrogen and oxygen atoms in total. The highest BCUT2D eigenvalue weighted by atomic mass is 35.5. The molecular weight excluding hydrogens is 745 g/mol. The standard InChI is InChI=1S/C37H34ClF3N8O6/c1-2-28-32(46-8-10-47(11-9-46)34(52)31-29(50)14-23-19-54-12-7-26(23)43-31)35(53)49-36(44-33(45-49)20-3-4-21-17-55-18-22(21)13-20)48(28)16-30(51)42-27-6-5-24(15-25(27)38)37(39,40)41/h3-6,13-15,50H,2,7-12,16-19H2,1H3,(H,42,51). The first-order chi connectivity index (χ1) is 26.4. The predicted octanol–water partition coefficient (Wildman–Crippen LogP) is 4.60. The molecule has 18 heteroatoms. The van der Waals surface area contributed by atoms with E-state index in [2.05, 4.69) is 15.4 Å². The third-order valence-electron chi connectivity index (χ3n) is 10.0. The number of pyridine rings is 1. The highest BCUT2D eigenvalue weighted by molar-refractivity contribution is 6.33. The lowest BCUT2D eigenvalue weighted by atomic mass is 10.1. The highest BCUT2D eigenvalue weighted by Gasteiger charge is 2.33. The Bertz CT molecular complexity index is 2430. The van der Waals surface area contributed by atoms with Gasteiger partial charge < -0.3 is 34.3 Å². The summed E-state index contributed by atoms with van der Waals surface area (Å²) in [6, 6.07) is 9.79. The van der Waals surface area contributed by atoms with E-state index in [1.807, 2.05) is 30.0 Å². The summed E-state index contributed by atoms with van der Waals surface area (Å²) in [5, 5.41) is 17.6. The lowest BCUT2D eigenvalue weighted by molar-refractivity contribution is -0.137. The van der Waals surface area contributed by atoms with Crippen LogP contribution < -0.4 is 15.8 Å². The number of ether oxygens (including phenoxy) is 2. The van der Waals surface area contributed by atoms with E-state index in [9.17, 15) is 32.7 Å². The van der Waals surface area contributed by atoms with E-state index in [0.29, 0.717) is 49.8 Å². The molecule has 3 aliphatic rings. The maximum Gasteiger partial charge on any atom is 0.416 e. The van der Waals surface area contributed by atoms with E-state index >= 15 is 0 Å². The van der Waals surface area contributed by atoms with Crippen LogP contribution in [-0.4, -0.2) is 78.8 Å². The number of rotatable bonds is 7. The molecule has 2 N–H and O–H groups in total. The molecule has 2 aromatic carbocycles. The maximum atomic E-state index is 14.4. The first kappa shape index (κ1) is 36.5. The third-order valence-corrected chi connectivity index (χ3v) is 10.3. The average molecular weight is 779 g/mol. The van der Waals surface area contributed by atoms with Crippen molar-refractivity contribution >= 4 is 40.6 Å². The van der Waals surface area contributed by atoms with E-state index in [4.69, 9.17) is 26.1 Å². The fourth-order valence-electron chi connectivity index (χ4n) is 7.20. The summed E-state index contributed by atoms with van der Waals surface area (Å²) >= 11 is 6.15. The predicted molar refractivity (Wildman–Crippen MR) is 193 cm³/mol. The molecule has 0 aliphatic carbocycles. The van der Waals surface area contributed by atoms with Crippen molar-refractivity contribution in [3.8, 4) is 17.1 Å². The van der Waals surface area contributed by atoms with Gasteiger partial charge in [-0.3, -0.25) is 14.4 Å². The topological polar surface area (TPSA) is 156 Å². The van der Waals surface area contributed by atoms with Gasteiger partial charge >= 0.3 is 6.18 Å². The summed E-state index contributed by atoms with van der Waals surface area (Å²) in [6.45, 7) is 4.00. The van der Waals surface area contributed by atoms with Crippen molar-refractivity contribution in [2.75, 3.05) is 43.0 Å². The number of hydrogen-bond acceptors (Lipinski definition) is 10. The number of hydrogen-bond donors (Lipinski definition) is 2. The molecule has 0 spiro atoms. The number of alkyl halides is 3. The third kappa shape index (κ3) is 6.87. The summed E-state index contributed by atoms with van der Waals surface area (Å²) in [6.07, 6.45) is -3.81. The number of nitrogens with one attached hydrogen (secondary N) is 1. The van der Waals surface area contributed by atoms with Gasteiger partial charge in [-0.15, -0.1) is 5.10 Å². The van der Waals surface area contributed by atoms with E-state index in [0.717, 1.165) is 39.4 Å². The van der Waals surface area contributed by atoms with Crippen LogP contribution >= 0.6 is 11.6 Å². The minimum Gasteiger partial charge on any atom is -0.505 e. The van der Waals surface area contributed by atoms with Gasteiger partial charge in [0.15, 0.2) is 11.5 Å². The van der Waals surface area contributed by atoms with E-state index in [-0.39, 0.29) is 78.6 Å². The maximum absolute atomic E-state index is 14.4. The highest BCUT2D eigenvalue weighted by Crippen LogP contribution is 2.34. The Morgan fingerprint density at radius 2 is 1.73 bits per heavy atom. The van der Waals surface area contributed by atoms with Gasteiger partial charge in [0, 0.05) is 49.4 Å². The molecule has 5 aromatic rings. The second-order valence-corrected chi connectivity index (χ2v) is 13.9. The van der Waals surface area contributed by atoms with E-state index in [1.165, 1.54) is 6.07 Å². The molecule has 2 amide bonds. The number of aromatic nitrogens is 5. The van der Waals surface area contributed by atoms with Gasteiger partial charge in [0.2, 0.25) is 11.7 Å². The Morgan fingerprint density at radius 3 is 2.47 bits per heavy atom. The van der Waals surface area contributed by atoms with Crippen LogP contribution in [0.3, 0.4) is 0 Å². The molecule has 0 bridgehead atoms. The number of aromatic hydroxyl groups is 1. The van der Waals surface area contributed by atoms with Crippen LogP contribution in [0.2, 0.25) is 5.02 Å². The molecule has 0 saturated carbocycles. The number of carbonyl (C=O) groups is 2. The molecule has 3 aromatic heterocycles. The van der Waals surface area contributed by atoms with Crippen molar-refractivity contribution in [2.45, 2.75) is 52.3 Å². The minimum absolute atomic E-state index is 0.0221. The van der Waals surface area contributed by atoms with Gasteiger partial charge in [-0.25, -0.2) is 4.98 Å². The number of anilines is 2. The molecule has 55 heavy (non-hydrogen) atoms. The van der Waals surface area contributed by atoms with Crippen LogP contribution in [0.5, 0.6) is 5.75 Å². The summed E-state index contributed by atoms with van der Waals surface area (Å²) in [5.74, 6) is -0.975. The van der Waals surface area contributed by atoms with Crippen LogP contribution in [0, 0.1) is 0 Å². The number of amides is 2. The molecular formula is C37H34ClF3N8O6. The number of piperazine rings is 1. The summed E-state index contributed by atoms with van der Waals surface area (Å²) in [7, 11) is 0. The van der Waals surface area contributed by atoms with Crippen LogP contribution in [0.25, 0.3) is 17.2 Å². The van der Waals surface area contributed by atoms with E-state index < -0.39 is 29.1 Å². The summed E-state index contributed by atoms with van der Waals surface area (Å²) < 4.78 is 53.5. The SMILES string of the molecule is CCc1c(N2CCN(C(=O)c3nc4c(cc3O)COCC4)CC2)c(=O)n2nc(-c3ccc4c(c3)COC4)nc2n1CC(=O)Nc1ccc(C(F)(F)F)cc1Cl. The first-order valence-electron chi connectivity index (χ1n) is 17.6. The Balaban J connectivity index is 1.13. The Morgan fingerprint density at radius 1 is 0.964 bits per heavy atom. The molecule has 0 atom stereocenters. The zero-order valence-corrected chi connectivity index (χ0v) is 30.2. The second-order valence-electron chi connectivity index (χ2n) is 13.4. The largest absolute Gasteiger partial charge is 0.505 e. The van der Waals surface area contributed by atoms with Crippen molar-refractivity contribution in [1.29, 1.82) is 0 Å². The lowest BCUT2D eigenvalue weighted by Crippen LogP contribution is -2.51. The van der Waals surface area contributed by atoms with Gasteiger partial charge in [-0.2, -0.15) is 22.7 Å². The Labute approximate surface area is 316 Å². The molecule has 8 rings (SSSR count). The fraction of sp³-hybridized carbons (Fsp3) is 0.351. The number of benzene rings is 2. The number of fused-ring (bicyclic) bond motifs is 3. The number of halogens is 4. The van der Waals surface area contributed by atoms with E-state index in [1.54, 1.807) is 9.47 Å². The van der Waals surface area contributed by atoms with Crippen LogP contribution in [0.1, 0.15) is 51.1 Å². The fourth-order valence-corrected chi connectivity index (χ4v) is 7.43. The van der Waals surface area contributed by atoms with Gasteiger partial charge in [0.25, 0.3) is 11.5 Å². The second kappa shape index (κ2) is 14.3. The zero-order valence-electron chi connectivity index (χ0n) is 29.5. The van der Waals surface area contributed by atoms with Crippen molar-refractivity contribution in [3.63, 3.8) is 0 Å². The van der Waals surface area contributed by atoms with Crippen molar-refractivity contribution in [2.24, 2.45) is 0 Å². The summed E-state index contributed by atoms with van der Waals surface area (Å²) in [5.41, 5.74) is 3.30. The van der Waals surface area contributed by atoms with Gasteiger partial charge in [-0.1, -0.05) is 30.7 Å². The Hall–Kier alpha value is -5.52. The van der Waals surface area contributed by atoms with Gasteiger partial charge in [0.05, 0.1) is 48.4 Å². The Kier molecular flexibility index (Phi) is 9.47. The zero-order chi connectivity index (χ0) is 38.6. The van der Waals surface area contributed by atoms with Crippen LogP contribution in [0.15, 0.2) is 47.3 Å². The normalized spacial score (nSPS) is 15.7. The smallest absolute Gasteiger partial charge is 0.416 e. The molecule has 6 heterocycles.